The fraction of sp³-hybridized carbons (Fsp3) is 0.0909. The van der Waals surface area contributed by atoms with Crippen LogP contribution >= 0.6 is 0 Å². The van der Waals surface area contributed by atoms with Gasteiger partial charge in [-0.15, -0.1) is 0 Å². The number of aromatic nitrogens is 2. The van der Waals surface area contributed by atoms with Gasteiger partial charge >= 0.3 is 0 Å². The molecule has 0 aliphatic carbocycles. The first kappa shape index (κ1) is 18.9. The largest absolute Gasteiger partial charge is 0.319 e. The first-order valence-electron chi connectivity index (χ1n) is 8.78. The first-order valence-corrected chi connectivity index (χ1v) is 8.78. The number of benzene rings is 3. The van der Waals surface area contributed by atoms with Gasteiger partial charge in [-0.1, -0.05) is 18.2 Å². The highest BCUT2D eigenvalue weighted by Crippen LogP contribution is 2.31. The Morgan fingerprint density at radius 2 is 1.48 bits per heavy atom. The molecule has 1 heterocycles. The number of fused-ring (bicyclic) bond motifs is 1. The zero-order valence-corrected chi connectivity index (χ0v) is 15.2. The van der Waals surface area contributed by atoms with Crippen molar-refractivity contribution in [3.05, 3.63) is 89.0 Å². The van der Waals surface area contributed by atoms with Gasteiger partial charge in [-0.2, -0.15) is 0 Å². The SMILES string of the molecule is C=NCc1ccc2nc(-c3c(F)cccc3F)n(Cc3c(F)cccc3F)c2c1. The molecule has 0 fully saturated rings. The van der Waals surface area contributed by atoms with E-state index in [1.165, 1.54) is 16.7 Å². The Hall–Kier alpha value is -3.48. The van der Waals surface area contributed by atoms with E-state index < -0.39 is 23.3 Å². The van der Waals surface area contributed by atoms with Crippen molar-refractivity contribution in [2.24, 2.45) is 4.99 Å². The number of rotatable bonds is 5. The van der Waals surface area contributed by atoms with Gasteiger partial charge in [0.25, 0.3) is 0 Å². The summed E-state index contributed by atoms with van der Waals surface area (Å²) < 4.78 is 58.9. The highest BCUT2D eigenvalue weighted by Gasteiger charge is 2.21. The van der Waals surface area contributed by atoms with E-state index in [0.29, 0.717) is 17.6 Å². The van der Waals surface area contributed by atoms with Crippen LogP contribution in [0.1, 0.15) is 11.1 Å². The summed E-state index contributed by atoms with van der Waals surface area (Å²) in [5.41, 5.74) is 1.11. The Bertz CT molecular complexity index is 1190. The van der Waals surface area contributed by atoms with Gasteiger partial charge in [0.15, 0.2) is 0 Å². The summed E-state index contributed by atoms with van der Waals surface area (Å²) in [5, 5.41) is 0. The molecule has 146 valence electrons. The highest BCUT2D eigenvalue weighted by molar-refractivity contribution is 5.81. The van der Waals surface area contributed by atoms with Crippen LogP contribution in [0.3, 0.4) is 0 Å². The minimum absolute atomic E-state index is 0.0537. The Morgan fingerprint density at radius 3 is 2.10 bits per heavy atom. The standard InChI is InChI=1S/C22H15F4N3/c1-27-11-13-8-9-19-20(10-13)29(12-14-15(23)4-2-5-16(14)24)22(28-19)21-17(25)6-3-7-18(21)26/h2-10H,1,11-12H2. The van der Waals surface area contributed by atoms with Gasteiger partial charge in [-0.05, 0) is 48.7 Å². The number of hydrogen-bond donors (Lipinski definition) is 0. The van der Waals surface area contributed by atoms with Crippen molar-refractivity contribution in [2.75, 3.05) is 0 Å². The lowest BCUT2D eigenvalue weighted by atomic mass is 10.1. The monoisotopic (exact) mass is 397 g/mol. The molecule has 4 rings (SSSR count). The molecule has 29 heavy (non-hydrogen) atoms. The van der Waals surface area contributed by atoms with Crippen LogP contribution in [-0.4, -0.2) is 16.3 Å². The van der Waals surface area contributed by atoms with Crippen molar-refractivity contribution in [2.45, 2.75) is 13.1 Å². The second-order valence-electron chi connectivity index (χ2n) is 6.52. The minimum atomic E-state index is -0.816. The van der Waals surface area contributed by atoms with Gasteiger partial charge in [-0.25, -0.2) is 22.5 Å². The predicted octanol–water partition coefficient (Wildman–Crippen LogP) is 5.51. The van der Waals surface area contributed by atoms with Crippen molar-refractivity contribution in [3.8, 4) is 11.4 Å². The molecule has 7 heteroatoms. The lowest BCUT2D eigenvalue weighted by Crippen LogP contribution is -2.08. The summed E-state index contributed by atoms with van der Waals surface area (Å²) >= 11 is 0. The molecule has 0 saturated heterocycles. The average Bonchev–Trinajstić information content (AvgIpc) is 3.02. The van der Waals surface area contributed by atoms with Gasteiger partial charge in [0.2, 0.25) is 0 Å². The molecule has 3 nitrogen and oxygen atoms in total. The van der Waals surface area contributed by atoms with E-state index in [1.807, 2.05) is 0 Å². The summed E-state index contributed by atoms with van der Waals surface area (Å²) in [7, 11) is 0. The topological polar surface area (TPSA) is 30.2 Å². The zero-order valence-electron chi connectivity index (χ0n) is 15.2. The highest BCUT2D eigenvalue weighted by atomic mass is 19.1. The van der Waals surface area contributed by atoms with Crippen LogP contribution in [-0.2, 0) is 13.1 Å². The summed E-state index contributed by atoms with van der Waals surface area (Å²) in [6, 6.07) is 12.1. The second-order valence-corrected chi connectivity index (χ2v) is 6.52. The summed E-state index contributed by atoms with van der Waals surface area (Å²) in [6.45, 7) is 3.48. The number of halogens is 4. The van der Waals surface area contributed by atoms with Crippen LogP contribution in [0.5, 0.6) is 0 Å². The molecule has 0 aliphatic rings. The lowest BCUT2D eigenvalue weighted by molar-refractivity contribution is 0.546. The number of imidazole rings is 1. The molecular weight excluding hydrogens is 382 g/mol. The molecule has 0 unspecified atom stereocenters. The minimum Gasteiger partial charge on any atom is -0.319 e. The van der Waals surface area contributed by atoms with Crippen molar-refractivity contribution in [1.29, 1.82) is 0 Å². The summed E-state index contributed by atoms with van der Waals surface area (Å²) in [4.78, 5) is 8.18. The second kappa shape index (κ2) is 7.50. The smallest absolute Gasteiger partial charge is 0.147 e. The Balaban J connectivity index is 2.00. The number of nitrogens with zero attached hydrogens (tertiary/aromatic N) is 3. The normalized spacial score (nSPS) is 11.2. The molecule has 0 radical (unpaired) electrons. The van der Waals surface area contributed by atoms with E-state index in [1.54, 1.807) is 18.2 Å². The average molecular weight is 397 g/mol. The van der Waals surface area contributed by atoms with Gasteiger partial charge in [0.1, 0.15) is 29.1 Å². The van der Waals surface area contributed by atoms with Crippen LogP contribution in [0.15, 0.2) is 59.6 Å². The number of hydrogen-bond acceptors (Lipinski definition) is 2. The third-order valence-electron chi connectivity index (χ3n) is 4.67. The maximum Gasteiger partial charge on any atom is 0.147 e. The summed E-state index contributed by atoms with van der Waals surface area (Å²) in [5.74, 6) is -3.19. The Kier molecular flexibility index (Phi) is 4.88. The maximum atomic E-state index is 14.5. The molecule has 4 aromatic rings. The van der Waals surface area contributed by atoms with Crippen LogP contribution < -0.4 is 0 Å². The van der Waals surface area contributed by atoms with Gasteiger partial charge < -0.3 is 4.57 Å². The molecule has 0 aliphatic heterocycles. The molecule has 3 aromatic carbocycles. The fourth-order valence-electron chi connectivity index (χ4n) is 3.30. The third-order valence-corrected chi connectivity index (χ3v) is 4.67. The van der Waals surface area contributed by atoms with E-state index in [-0.39, 0.29) is 23.5 Å². The van der Waals surface area contributed by atoms with Crippen LogP contribution in [0.25, 0.3) is 22.4 Å². The van der Waals surface area contributed by atoms with Gasteiger partial charge in [0.05, 0.1) is 29.7 Å². The van der Waals surface area contributed by atoms with Crippen LogP contribution in [0.4, 0.5) is 17.6 Å². The van der Waals surface area contributed by atoms with E-state index in [4.69, 9.17) is 0 Å². The van der Waals surface area contributed by atoms with Gasteiger partial charge in [0, 0.05) is 5.56 Å². The Labute approximate surface area is 164 Å². The Morgan fingerprint density at radius 1 is 0.862 bits per heavy atom. The van der Waals surface area contributed by atoms with Crippen molar-refractivity contribution in [3.63, 3.8) is 0 Å². The molecule has 0 amide bonds. The third kappa shape index (κ3) is 3.40. The predicted molar refractivity (Wildman–Crippen MR) is 104 cm³/mol. The molecule has 1 aromatic heterocycles. The zero-order chi connectivity index (χ0) is 20.5. The molecule has 0 saturated carbocycles. The van der Waals surface area contributed by atoms with E-state index in [0.717, 1.165) is 29.8 Å². The van der Waals surface area contributed by atoms with Crippen molar-refractivity contribution >= 4 is 17.8 Å². The first-order chi connectivity index (χ1) is 14.0. The molecule has 0 spiro atoms. The quantitative estimate of drug-likeness (QED) is 0.323. The van der Waals surface area contributed by atoms with Crippen molar-refractivity contribution in [1.82, 2.24) is 9.55 Å². The van der Waals surface area contributed by atoms with E-state index >= 15 is 0 Å². The van der Waals surface area contributed by atoms with E-state index in [2.05, 4.69) is 16.7 Å². The van der Waals surface area contributed by atoms with Crippen LogP contribution in [0, 0.1) is 23.3 Å². The van der Waals surface area contributed by atoms with Gasteiger partial charge in [-0.3, -0.25) is 4.99 Å². The lowest BCUT2D eigenvalue weighted by Gasteiger charge is -2.12. The number of aliphatic imine (C=N–C) groups is 1. The summed E-state index contributed by atoms with van der Waals surface area (Å²) in [6.07, 6.45) is 0. The van der Waals surface area contributed by atoms with Crippen LogP contribution in [0.2, 0.25) is 0 Å². The molecule has 0 bridgehead atoms. The molecular formula is C22H15F4N3. The van der Waals surface area contributed by atoms with E-state index in [9.17, 15) is 17.6 Å². The van der Waals surface area contributed by atoms with Crippen molar-refractivity contribution < 1.29 is 17.6 Å². The maximum absolute atomic E-state index is 14.5. The molecule has 0 N–H and O–H groups in total. The molecule has 0 atom stereocenters. The fourth-order valence-corrected chi connectivity index (χ4v) is 3.30.